The average molecular weight is 446 g/mol. The third kappa shape index (κ3) is 4.91. The maximum absolute atomic E-state index is 6.29. The number of thiazole rings is 2. The van der Waals surface area contributed by atoms with Crippen LogP contribution in [0.2, 0.25) is 5.02 Å². The molecule has 29 heavy (non-hydrogen) atoms. The van der Waals surface area contributed by atoms with Gasteiger partial charge in [-0.3, -0.25) is 4.98 Å². The monoisotopic (exact) mass is 445 g/mol. The number of fused-ring (bicyclic) bond motifs is 1. The lowest BCUT2D eigenvalue weighted by atomic mass is 10.1. The van der Waals surface area contributed by atoms with Crippen molar-refractivity contribution >= 4 is 49.6 Å². The molecule has 6 nitrogen and oxygen atoms in total. The van der Waals surface area contributed by atoms with Gasteiger partial charge in [0.1, 0.15) is 5.01 Å². The van der Waals surface area contributed by atoms with Gasteiger partial charge in [0.05, 0.1) is 33.6 Å². The van der Waals surface area contributed by atoms with Crippen molar-refractivity contribution in [3.63, 3.8) is 0 Å². The fourth-order valence-electron chi connectivity index (χ4n) is 2.94. The zero-order chi connectivity index (χ0) is 20.2. The van der Waals surface area contributed by atoms with Crippen LogP contribution >= 0.6 is 34.3 Å². The Morgan fingerprint density at radius 3 is 2.93 bits per heavy atom. The van der Waals surface area contributed by atoms with E-state index < -0.39 is 0 Å². The molecule has 0 unspecified atom stereocenters. The van der Waals surface area contributed by atoms with Gasteiger partial charge < -0.3 is 15.8 Å². The number of methoxy groups -OCH3 is 1. The number of hydrogen-bond acceptors (Lipinski definition) is 8. The standard InChI is InChI=1S/C20H20ClN5OS2/c1-27-11-15-18(19-24-14-7-8-23-10-16(14)28-19)29-20(25-15)26-17(22)6-5-12-3-2-4-13(21)9-12/h2-4,7-10,17H,5-6,11,22H2,1H3,(H,25,26)/t17-/m0/s1. The molecule has 9 heteroatoms. The predicted molar refractivity (Wildman–Crippen MR) is 121 cm³/mol. The number of halogens is 1. The highest BCUT2D eigenvalue weighted by molar-refractivity contribution is 7.26. The van der Waals surface area contributed by atoms with Crippen LogP contribution in [0.4, 0.5) is 5.13 Å². The normalized spacial score (nSPS) is 12.4. The SMILES string of the molecule is COCc1nc(N[C@H](N)CCc2cccc(Cl)c2)sc1-c1nc2ccncc2s1. The molecule has 0 radical (unpaired) electrons. The summed E-state index contributed by atoms with van der Waals surface area (Å²) >= 11 is 9.20. The molecule has 0 bridgehead atoms. The zero-order valence-corrected chi connectivity index (χ0v) is 18.2. The molecular weight excluding hydrogens is 426 g/mol. The van der Waals surface area contributed by atoms with E-state index in [9.17, 15) is 0 Å². The molecule has 4 aromatic rings. The Morgan fingerprint density at radius 1 is 1.24 bits per heavy atom. The van der Waals surface area contributed by atoms with Crippen molar-refractivity contribution in [1.29, 1.82) is 0 Å². The molecular formula is C20H20ClN5OS2. The highest BCUT2D eigenvalue weighted by Crippen LogP contribution is 2.38. The fraction of sp³-hybridized carbons (Fsp3) is 0.250. The van der Waals surface area contributed by atoms with E-state index in [4.69, 9.17) is 27.1 Å². The maximum atomic E-state index is 6.29. The van der Waals surface area contributed by atoms with Gasteiger partial charge in [0.2, 0.25) is 0 Å². The van der Waals surface area contributed by atoms with Gasteiger partial charge in [0.25, 0.3) is 0 Å². The summed E-state index contributed by atoms with van der Waals surface area (Å²) in [4.78, 5) is 14.6. The molecule has 0 saturated heterocycles. The first-order valence-corrected chi connectivity index (χ1v) is 11.1. The molecule has 3 heterocycles. The topological polar surface area (TPSA) is 86.0 Å². The molecule has 1 atom stereocenters. The number of aromatic nitrogens is 3. The Morgan fingerprint density at radius 2 is 2.14 bits per heavy atom. The van der Waals surface area contributed by atoms with Gasteiger partial charge in [-0.25, -0.2) is 9.97 Å². The summed E-state index contributed by atoms with van der Waals surface area (Å²) in [6.45, 7) is 0.416. The summed E-state index contributed by atoms with van der Waals surface area (Å²) in [5.74, 6) is 0. The van der Waals surface area contributed by atoms with Crippen molar-refractivity contribution in [3.8, 4) is 9.88 Å². The first kappa shape index (κ1) is 20.2. The smallest absolute Gasteiger partial charge is 0.184 e. The number of benzene rings is 1. The van der Waals surface area contributed by atoms with Crippen LogP contribution in [0.3, 0.4) is 0 Å². The van der Waals surface area contributed by atoms with E-state index >= 15 is 0 Å². The third-order valence-electron chi connectivity index (χ3n) is 4.31. The summed E-state index contributed by atoms with van der Waals surface area (Å²) < 4.78 is 6.38. The van der Waals surface area contributed by atoms with Crippen LogP contribution in [0.25, 0.3) is 20.1 Å². The summed E-state index contributed by atoms with van der Waals surface area (Å²) in [6, 6.07) is 9.76. The van der Waals surface area contributed by atoms with Crippen LogP contribution in [-0.2, 0) is 17.8 Å². The molecule has 0 fully saturated rings. The quantitative estimate of drug-likeness (QED) is 0.373. The number of pyridine rings is 1. The Bertz CT molecular complexity index is 1080. The third-order valence-corrected chi connectivity index (χ3v) is 6.73. The highest BCUT2D eigenvalue weighted by atomic mass is 35.5. The zero-order valence-electron chi connectivity index (χ0n) is 15.8. The van der Waals surface area contributed by atoms with E-state index in [1.54, 1.807) is 36.0 Å². The summed E-state index contributed by atoms with van der Waals surface area (Å²) in [5.41, 5.74) is 9.25. The molecule has 0 saturated carbocycles. The molecule has 0 aliphatic rings. The second-order valence-electron chi connectivity index (χ2n) is 6.51. The van der Waals surface area contributed by atoms with E-state index in [1.165, 1.54) is 0 Å². The number of rotatable bonds is 8. The number of nitrogens with zero attached hydrogens (tertiary/aromatic N) is 3. The highest BCUT2D eigenvalue weighted by Gasteiger charge is 2.18. The van der Waals surface area contributed by atoms with Crippen LogP contribution in [0.15, 0.2) is 42.7 Å². The minimum atomic E-state index is -0.219. The van der Waals surface area contributed by atoms with E-state index in [0.29, 0.717) is 6.61 Å². The van der Waals surface area contributed by atoms with Crippen LogP contribution < -0.4 is 11.1 Å². The largest absolute Gasteiger partial charge is 0.378 e. The van der Waals surface area contributed by atoms with Crippen LogP contribution in [-0.4, -0.2) is 28.2 Å². The summed E-state index contributed by atoms with van der Waals surface area (Å²) in [6.07, 6.45) is 4.96. The van der Waals surface area contributed by atoms with Gasteiger partial charge in [-0.05, 0) is 36.6 Å². The first-order valence-electron chi connectivity index (χ1n) is 9.08. The Hall–Kier alpha value is -2.10. The number of nitrogens with two attached hydrogens (primary N) is 1. The molecule has 4 rings (SSSR count). The first-order chi connectivity index (χ1) is 14.1. The Balaban J connectivity index is 1.49. The minimum Gasteiger partial charge on any atom is -0.378 e. The van der Waals surface area contributed by atoms with Crippen LogP contribution in [0.1, 0.15) is 17.7 Å². The molecule has 150 valence electrons. The van der Waals surface area contributed by atoms with Gasteiger partial charge in [0, 0.05) is 24.5 Å². The maximum Gasteiger partial charge on any atom is 0.184 e. The van der Waals surface area contributed by atoms with Crippen molar-refractivity contribution in [2.24, 2.45) is 5.73 Å². The Kier molecular flexibility index (Phi) is 6.37. The molecule has 0 amide bonds. The predicted octanol–water partition coefficient (Wildman–Crippen LogP) is 4.94. The van der Waals surface area contributed by atoms with Gasteiger partial charge in [-0.2, -0.15) is 0 Å². The lowest BCUT2D eigenvalue weighted by Crippen LogP contribution is -2.30. The molecule has 0 spiro atoms. The van der Waals surface area contributed by atoms with Crippen molar-refractivity contribution in [1.82, 2.24) is 15.0 Å². The molecule has 3 aromatic heterocycles. The number of nitrogens with one attached hydrogen (secondary N) is 1. The van der Waals surface area contributed by atoms with Gasteiger partial charge in [-0.1, -0.05) is 35.1 Å². The fourth-order valence-corrected chi connectivity index (χ4v) is 5.21. The number of hydrogen-bond donors (Lipinski definition) is 2. The second-order valence-corrected chi connectivity index (χ2v) is 8.98. The van der Waals surface area contributed by atoms with E-state index in [1.807, 2.05) is 30.5 Å². The molecule has 0 aliphatic carbocycles. The average Bonchev–Trinajstić information content (AvgIpc) is 3.30. The lowest BCUT2D eigenvalue weighted by Gasteiger charge is -2.12. The van der Waals surface area contributed by atoms with Crippen molar-refractivity contribution in [2.45, 2.75) is 25.6 Å². The summed E-state index contributed by atoms with van der Waals surface area (Å²) in [7, 11) is 1.66. The molecule has 1 aromatic carbocycles. The lowest BCUT2D eigenvalue weighted by molar-refractivity contribution is 0.182. The number of anilines is 1. The van der Waals surface area contributed by atoms with Crippen LogP contribution in [0.5, 0.6) is 0 Å². The number of ether oxygens (including phenoxy) is 1. The van der Waals surface area contributed by atoms with E-state index in [-0.39, 0.29) is 6.17 Å². The number of aryl methyl sites for hydroxylation is 1. The van der Waals surface area contributed by atoms with Gasteiger partial charge in [0.15, 0.2) is 5.13 Å². The van der Waals surface area contributed by atoms with Crippen molar-refractivity contribution < 1.29 is 4.74 Å². The minimum absolute atomic E-state index is 0.219. The second kappa shape index (κ2) is 9.15. The van der Waals surface area contributed by atoms with Crippen molar-refractivity contribution in [2.75, 3.05) is 12.4 Å². The van der Waals surface area contributed by atoms with Gasteiger partial charge in [-0.15, -0.1) is 11.3 Å². The molecule has 3 N–H and O–H groups in total. The van der Waals surface area contributed by atoms with E-state index in [0.717, 1.165) is 54.4 Å². The molecule has 0 aliphatic heterocycles. The summed E-state index contributed by atoms with van der Waals surface area (Å²) in [5, 5.41) is 5.73. The Labute approximate surface area is 181 Å². The van der Waals surface area contributed by atoms with E-state index in [2.05, 4.69) is 21.4 Å². The van der Waals surface area contributed by atoms with Gasteiger partial charge >= 0.3 is 0 Å². The van der Waals surface area contributed by atoms with Crippen LogP contribution in [0, 0.1) is 0 Å². The van der Waals surface area contributed by atoms with Crippen molar-refractivity contribution in [3.05, 3.63) is 59.0 Å².